The van der Waals surface area contributed by atoms with Crippen LogP contribution in [0.2, 0.25) is 0 Å². The third kappa shape index (κ3) is 2.90. The van der Waals surface area contributed by atoms with Crippen molar-refractivity contribution in [2.45, 2.75) is 45.4 Å². The fourth-order valence-corrected chi connectivity index (χ4v) is 2.68. The first-order valence-corrected chi connectivity index (χ1v) is 7.37. The van der Waals surface area contributed by atoms with Crippen molar-refractivity contribution in [1.82, 2.24) is 20.0 Å². The Kier molecular flexibility index (Phi) is 3.88. The van der Waals surface area contributed by atoms with E-state index in [1.165, 1.54) is 0 Å². The molecule has 1 aliphatic heterocycles. The second-order valence-corrected chi connectivity index (χ2v) is 5.69. The van der Waals surface area contributed by atoms with E-state index in [1.807, 2.05) is 36.0 Å². The Morgan fingerprint density at radius 2 is 2.14 bits per heavy atom. The zero-order chi connectivity index (χ0) is 14.8. The highest BCUT2D eigenvalue weighted by molar-refractivity contribution is 5.35. The minimum atomic E-state index is -0.00185. The molecule has 2 atom stereocenters. The molecule has 0 saturated carbocycles. The Morgan fingerprint density at radius 3 is 2.86 bits per heavy atom. The van der Waals surface area contributed by atoms with Crippen molar-refractivity contribution < 1.29 is 4.74 Å². The van der Waals surface area contributed by atoms with Crippen LogP contribution in [-0.4, -0.2) is 32.6 Å². The van der Waals surface area contributed by atoms with Gasteiger partial charge in [-0.25, -0.2) is 0 Å². The van der Waals surface area contributed by atoms with Crippen molar-refractivity contribution in [3.63, 3.8) is 0 Å². The number of anilines is 1. The lowest BCUT2D eigenvalue weighted by Gasteiger charge is -2.22. The molecule has 3 rings (SSSR count). The highest BCUT2D eigenvalue weighted by atomic mass is 16.5. The topological polar surface area (TPSA) is 64.9 Å². The maximum atomic E-state index is 5.93. The second-order valence-electron chi connectivity index (χ2n) is 5.69. The first kappa shape index (κ1) is 14.0. The van der Waals surface area contributed by atoms with E-state index in [9.17, 15) is 0 Å². The van der Waals surface area contributed by atoms with E-state index in [2.05, 4.69) is 34.5 Å². The van der Waals surface area contributed by atoms with Gasteiger partial charge in [0, 0.05) is 18.8 Å². The highest BCUT2D eigenvalue weighted by Gasteiger charge is 2.32. The average molecular weight is 287 g/mol. The van der Waals surface area contributed by atoms with E-state index in [-0.39, 0.29) is 12.1 Å². The summed E-state index contributed by atoms with van der Waals surface area (Å²) in [6.07, 6.45) is 2.78. The van der Waals surface area contributed by atoms with Crippen molar-refractivity contribution in [2.24, 2.45) is 0 Å². The zero-order valence-corrected chi connectivity index (χ0v) is 12.7. The zero-order valence-electron chi connectivity index (χ0n) is 12.7. The molecule has 6 nitrogen and oxygen atoms in total. The minimum absolute atomic E-state index is 0.00185. The van der Waals surface area contributed by atoms with Crippen LogP contribution < -0.4 is 5.32 Å². The van der Waals surface area contributed by atoms with Crippen LogP contribution in [-0.2, 0) is 4.74 Å². The predicted molar refractivity (Wildman–Crippen MR) is 80.1 cm³/mol. The van der Waals surface area contributed by atoms with Gasteiger partial charge in [0.1, 0.15) is 11.9 Å². The van der Waals surface area contributed by atoms with Crippen LogP contribution in [0.5, 0.6) is 0 Å². The predicted octanol–water partition coefficient (Wildman–Crippen LogP) is 2.50. The molecular weight excluding hydrogens is 266 g/mol. The van der Waals surface area contributed by atoms with Gasteiger partial charge < -0.3 is 10.1 Å². The van der Waals surface area contributed by atoms with Gasteiger partial charge in [0.05, 0.1) is 17.4 Å². The Morgan fingerprint density at radius 1 is 1.29 bits per heavy atom. The van der Waals surface area contributed by atoms with Crippen LogP contribution >= 0.6 is 0 Å². The Bertz CT molecular complexity index is 592. The molecule has 0 radical (unpaired) electrons. The molecule has 1 aliphatic rings. The number of nitrogens with zero attached hydrogens (tertiary/aromatic N) is 4. The smallest absolute Gasteiger partial charge is 0.148 e. The summed E-state index contributed by atoms with van der Waals surface area (Å²) < 4.78 is 7.94. The monoisotopic (exact) mass is 287 g/mol. The number of rotatable bonds is 4. The molecule has 112 valence electrons. The molecule has 2 aromatic rings. The molecule has 2 aromatic heterocycles. The fraction of sp³-hybridized carbons (Fsp3) is 0.533. The molecular formula is C15H21N5O. The molecule has 0 unspecified atom stereocenters. The number of nitrogens with one attached hydrogen (secondary N) is 1. The molecule has 6 heteroatoms. The van der Waals surface area contributed by atoms with E-state index in [4.69, 9.17) is 4.74 Å². The van der Waals surface area contributed by atoms with Crippen molar-refractivity contribution >= 4 is 5.82 Å². The summed E-state index contributed by atoms with van der Waals surface area (Å²) in [4.78, 5) is 0. The van der Waals surface area contributed by atoms with Crippen LogP contribution in [0.25, 0.3) is 0 Å². The number of aryl methyl sites for hydroxylation is 1. The first-order chi connectivity index (χ1) is 10.1. The molecule has 0 amide bonds. The van der Waals surface area contributed by atoms with Crippen molar-refractivity contribution in [3.8, 4) is 0 Å². The van der Waals surface area contributed by atoms with Crippen molar-refractivity contribution in [1.29, 1.82) is 0 Å². The van der Waals surface area contributed by atoms with Gasteiger partial charge in [-0.1, -0.05) is 0 Å². The van der Waals surface area contributed by atoms with E-state index < -0.39 is 0 Å². The van der Waals surface area contributed by atoms with Gasteiger partial charge in [0.25, 0.3) is 0 Å². The molecule has 3 heterocycles. The van der Waals surface area contributed by atoms with E-state index in [1.54, 1.807) is 0 Å². The van der Waals surface area contributed by atoms with Crippen molar-refractivity contribution in [3.05, 3.63) is 35.8 Å². The van der Waals surface area contributed by atoms with Gasteiger partial charge in [-0.15, -0.1) is 5.10 Å². The van der Waals surface area contributed by atoms with Gasteiger partial charge >= 0.3 is 0 Å². The van der Waals surface area contributed by atoms with Crippen LogP contribution in [0.3, 0.4) is 0 Å². The van der Waals surface area contributed by atoms with Crippen LogP contribution in [0.15, 0.2) is 24.4 Å². The largest absolute Gasteiger partial charge is 0.370 e. The normalized spacial score (nSPS) is 21.9. The second kappa shape index (κ2) is 5.81. The first-order valence-electron chi connectivity index (χ1n) is 7.37. The Labute approximate surface area is 124 Å². The summed E-state index contributed by atoms with van der Waals surface area (Å²) >= 11 is 0. The van der Waals surface area contributed by atoms with Gasteiger partial charge in [-0.2, -0.15) is 10.2 Å². The van der Waals surface area contributed by atoms with Crippen molar-refractivity contribution in [2.75, 3.05) is 11.9 Å². The summed E-state index contributed by atoms with van der Waals surface area (Å²) in [5, 5.41) is 16.1. The number of hydrogen-bond acceptors (Lipinski definition) is 5. The standard InChI is InChI=1S/C15H21N5O/c1-10(2)20-13(6-8-16-20)15-12(7-9-21-15)17-14-5-4-11(3)18-19-14/h4-6,8,10,12,15H,7,9H2,1-3H3,(H,17,19)/t12-,15-/m0/s1. The molecule has 1 N–H and O–H groups in total. The molecule has 0 bridgehead atoms. The quantitative estimate of drug-likeness (QED) is 0.936. The summed E-state index contributed by atoms with van der Waals surface area (Å²) in [7, 11) is 0. The van der Waals surface area contributed by atoms with Crippen LogP contribution in [0.4, 0.5) is 5.82 Å². The lowest BCUT2D eigenvalue weighted by Crippen LogP contribution is -2.26. The molecule has 0 aliphatic carbocycles. The third-order valence-corrected chi connectivity index (χ3v) is 3.70. The lowest BCUT2D eigenvalue weighted by atomic mass is 10.1. The van der Waals surface area contributed by atoms with Gasteiger partial charge in [-0.05, 0) is 45.4 Å². The summed E-state index contributed by atoms with van der Waals surface area (Å²) in [6, 6.07) is 6.46. The van der Waals surface area contributed by atoms with Crippen LogP contribution in [0.1, 0.15) is 43.8 Å². The molecule has 21 heavy (non-hydrogen) atoms. The highest BCUT2D eigenvalue weighted by Crippen LogP contribution is 2.32. The van der Waals surface area contributed by atoms with Crippen LogP contribution in [0, 0.1) is 6.92 Å². The Balaban J connectivity index is 1.79. The summed E-state index contributed by atoms with van der Waals surface area (Å²) in [5.41, 5.74) is 2.03. The molecule has 1 saturated heterocycles. The summed E-state index contributed by atoms with van der Waals surface area (Å²) in [5.74, 6) is 0.789. The van der Waals surface area contributed by atoms with E-state index in [0.717, 1.165) is 30.2 Å². The maximum absolute atomic E-state index is 5.93. The van der Waals surface area contributed by atoms with Gasteiger partial charge in [0.2, 0.25) is 0 Å². The minimum Gasteiger partial charge on any atom is -0.370 e. The summed E-state index contributed by atoms with van der Waals surface area (Å²) in [6.45, 7) is 6.92. The number of ether oxygens (including phenoxy) is 1. The molecule has 0 aromatic carbocycles. The van der Waals surface area contributed by atoms with E-state index in [0.29, 0.717) is 6.04 Å². The average Bonchev–Trinajstić information content (AvgIpc) is 3.09. The number of hydrogen-bond donors (Lipinski definition) is 1. The van der Waals surface area contributed by atoms with Gasteiger partial charge in [-0.3, -0.25) is 4.68 Å². The van der Waals surface area contributed by atoms with E-state index >= 15 is 0 Å². The SMILES string of the molecule is Cc1ccc(N[C@H]2CCO[C@@H]2c2ccnn2C(C)C)nn1. The number of aromatic nitrogens is 4. The van der Waals surface area contributed by atoms with Gasteiger partial charge in [0.15, 0.2) is 0 Å². The fourth-order valence-electron chi connectivity index (χ4n) is 2.68. The lowest BCUT2D eigenvalue weighted by molar-refractivity contribution is 0.0988. The third-order valence-electron chi connectivity index (χ3n) is 3.70. The molecule has 0 spiro atoms. The maximum Gasteiger partial charge on any atom is 0.148 e. The Hall–Kier alpha value is -1.95. The molecule has 1 fully saturated rings.